The maximum atomic E-state index is 13.1. The number of benzene rings is 2. The number of nitrogens with zero attached hydrogens (tertiary/aromatic N) is 1. The fraction of sp³-hybridized carbons (Fsp3) is 0.133. The highest BCUT2D eigenvalue weighted by molar-refractivity contribution is 6.30. The van der Waals surface area contributed by atoms with E-state index in [0.29, 0.717) is 17.2 Å². The molecule has 0 bridgehead atoms. The molecule has 2 aromatic carbocycles. The van der Waals surface area contributed by atoms with Crippen LogP contribution >= 0.6 is 11.6 Å². The quantitative estimate of drug-likeness (QED) is 0.696. The Bertz CT molecular complexity index is 718. The molecule has 108 valence electrons. The highest BCUT2D eigenvalue weighted by Crippen LogP contribution is 2.30. The van der Waals surface area contributed by atoms with E-state index in [1.165, 1.54) is 12.1 Å². The lowest BCUT2D eigenvalue weighted by atomic mass is 10.1. The highest BCUT2D eigenvalue weighted by atomic mass is 35.5. The topological polar surface area (TPSA) is 51.1 Å². The lowest BCUT2D eigenvalue weighted by Crippen LogP contribution is -2.01. The molecule has 1 aliphatic heterocycles. The van der Waals surface area contributed by atoms with Crippen molar-refractivity contribution < 1.29 is 19.1 Å². The van der Waals surface area contributed by atoms with Crippen molar-refractivity contribution in [1.29, 1.82) is 0 Å². The lowest BCUT2D eigenvalue weighted by Gasteiger charge is -2.08. The predicted octanol–water partition coefficient (Wildman–Crippen LogP) is 3.63. The van der Waals surface area contributed by atoms with Crippen molar-refractivity contribution in [2.75, 3.05) is 6.61 Å². The third kappa shape index (κ3) is 2.78. The van der Waals surface area contributed by atoms with Gasteiger partial charge < -0.3 is 14.7 Å². The van der Waals surface area contributed by atoms with Crippen molar-refractivity contribution in [3.8, 4) is 11.5 Å². The molecule has 0 radical (unpaired) electrons. The van der Waals surface area contributed by atoms with Gasteiger partial charge in [-0.05, 0) is 29.8 Å². The van der Waals surface area contributed by atoms with Crippen LogP contribution in [-0.2, 0) is 6.61 Å². The summed E-state index contributed by atoms with van der Waals surface area (Å²) in [6.45, 7) is 0.503. The predicted molar refractivity (Wildman–Crippen MR) is 76.0 cm³/mol. The van der Waals surface area contributed by atoms with Gasteiger partial charge in [0.05, 0.1) is 5.02 Å². The molecule has 6 heteroatoms. The Morgan fingerprint density at radius 1 is 1.29 bits per heavy atom. The Labute approximate surface area is 125 Å². The summed E-state index contributed by atoms with van der Waals surface area (Å²) in [5.74, 6) is 0.757. The summed E-state index contributed by atoms with van der Waals surface area (Å²) in [4.78, 5) is 0. The van der Waals surface area contributed by atoms with Crippen molar-refractivity contribution in [3.05, 3.63) is 58.4 Å². The molecule has 0 atom stereocenters. The first kappa shape index (κ1) is 13.7. The van der Waals surface area contributed by atoms with Crippen LogP contribution < -0.4 is 9.47 Å². The molecule has 0 saturated carbocycles. The lowest BCUT2D eigenvalue weighted by molar-refractivity contribution is 0.302. The molecule has 2 aromatic rings. The van der Waals surface area contributed by atoms with Gasteiger partial charge in [-0.2, -0.15) is 0 Å². The van der Waals surface area contributed by atoms with Crippen LogP contribution in [0.15, 0.2) is 41.6 Å². The van der Waals surface area contributed by atoms with Crippen LogP contribution in [0.25, 0.3) is 0 Å². The van der Waals surface area contributed by atoms with Crippen LogP contribution in [0, 0.1) is 5.82 Å². The summed E-state index contributed by atoms with van der Waals surface area (Å²) in [6.07, 6.45) is 0. The number of fused-ring (bicyclic) bond motifs is 1. The standard InChI is InChI=1S/C15H11ClFNO3/c16-12-5-9(1-4-13(12)17)7-20-10-2-3-11-14(18-19)8-21-15(11)6-10/h1-6,19H,7-8H2/b18-14-. The number of oxime groups is 1. The minimum Gasteiger partial charge on any atom is -0.489 e. The Balaban J connectivity index is 1.73. The van der Waals surface area contributed by atoms with E-state index < -0.39 is 5.82 Å². The summed E-state index contributed by atoms with van der Waals surface area (Å²) >= 11 is 5.72. The minimum atomic E-state index is -0.456. The summed E-state index contributed by atoms with van der Waals surface area (Å²) < 4.78 is 24.1. The van der Waals surface area contributed by atoms with Gasteiger partial charge in [0.1, 0.15) is 36.2 Å². The summed E-state index contributed by atoms with van der Waals surface area (Å²) in [5.41, 5.74) is 2.00. The molecule has 3 rings (SSSR count). The largest absolute Gasteiger partial charge is 0.489 e. The summed E-state index contributed by atoms with van der Waals surface area (Å²) in [7, 11) is 0. The monoisotopic (exact) mass is 307 g/mol. The van der Waals surface area contributed by atoms with Gasteiger partial charge in [-0.1, -0.05) is 22.8 Å². The van der Waals surface area contributed by atoms with Gasteiger partial charge in [0.15, 0.2) is 0 Å². The van der Waals surface area contributed by atoms with Gasteiger partial charge in [0, 0.05) is 11.6 Å². The van der Waals surface area contributed by atoms with Gasteiger partial charge in [-0.25, -0.2) is 4.39 Å². The Morgan fingerprint density at radius 3 is 2.90 bits per heavy atom. The zero-order valence-electron chi connectivity index (χ0n) is 10.8. The molecule has 0 aliphatic carbocycles. The highest BCUT2D eigenvalue weighted by Gasteiger charge is 2.20. The maximum absolute atomic E-state index is 13.1. The normalized spacial score (nSPS) is 14.9. The van der Waals surface area contributed by atoms with E-state index in [4.69, 9.17) is 26.3 Å². The van der Waals surface area contributed by atoms with E-state index in [2.05, 4.69) is 5.16 Å². The smallest absolute Gasteiger partial charge is 0.141 e. The molecule has 0 fully saturated rings. The molecule has 0 saturated heterocycles. The average molecular weight is 308 g/mol. The SMILES string of the molecule is O/N=C1/COc2cc(OCc3ccc(F)c(Cl)c3)ccc21. The van der Waals surface area contributed by atoms with Crippen molar-refractivity contribution in [1.82, 2.24) is 0 Å². The van der Waals surface area contributed by atoms with Gasteiger partial charge in [-0.3, -0.25) is 0 Å². The van der Waals surface area contributed by atoms with E-state index in [-0.39, 0.29) is 18.2 Å². The number of hydrogen-bond acceptors (Lipinski definition) is 4. The second kappa shape index (κ2) is 5.61. The van der Waals surface area contributed by atoms with E-state index in [1.807, 2.05) is 0 Å². The van der Waals surface area contributed by atoms with Crippen molar-refractivity contribution in [2.24, 2.45) is 5.16 Å². The van der Waals surface area contributed by atoms with Crippen LogP contribution in [-0.4, -0.2) is 17.5 Å². The zero-order chi connectivity index (χ0) is 14.8. The van der Waals surface area contributed by atoms with E-state index >= 15 is 0 Å². The molecule has 0 spiro atoms. The molecule has 0 aromatic heterocycles. The molecule has 1 N–H and O–H groups in total. The van der Waals surface area contributed by atoms with E-state index in [1.54, 1.807) is 24.3 Å². The van der Waals surface area contributed by atoms with Crippen LogP contribution in [0.5, 0.6) is 11.5 Å². The van der Waals surface area contributed by atoms with Crippen molar-refractivity contribution in [3.63, 3.8) is 0 Å². The van der Waals surface area contributed by atoms with Crippen LogP contribution in [0.2, 0.25) is 5.02 Å². The van der Waals surface area contributed by atoms with Gasteiger partial charge >= 0.3 is 0 Å². The molecule has 1 aliphatic rings. The molecule has 21 heavy (non-hydrogen) atoms. The first-order valence-electron chi connectivity index (χ1n) is 6.22. The van der Waals surface area contributed by atoms with Crippen LogP contribution in [0.4, 0.5) is 4.39 Å². The van der Waals surface area contributed by atoms with Gasteiger partial charge in [-0.15, -0.1) is 0 Å². The number of ether oxygens (including phenoxy) is 2. The molecule has 0 unspecified atom stereocenters. The number of halogens is 2. The van der Waals surface area contributed by atoms with Gasteiger partial charge in [0.25, 0.3) is 0 Å². The van der Waals surface area contributed by atoms with Crippen molar-refractivity contribution in [2.45, 2.75) is 6.61 Å². The first-order valence-corrected chi connectivity index (χ1v) is 6.60. The number of hydrogen-bond donors (Lipinski definition) is 1. The Morgan fingerprint density at radius 2 is 2.14 bits per heavy atom. The fourth-order valence-electron chi connectivity index (χ4n) is 2.05. The minimum absolute atomic E-state index is 0.0668. The molecular weight excluding hydrogens is 297 g/mol. The first-order chi connectivity index (χ1) is 10.2. The summed E-state index contributed by atoms with van der Waals surface area (Å²) in [5, 5.41) is 12.1. The number of rotatable bonds is 3. The molecule has 4 nitrogen and oxygen atoms in total. The summed E-state index contributed by atoms with van der Waals surface area (Å²) in [6, 6.07) is 9.68. The van der Waals surface area contributed by atoms with Gasteiger partial charge in [0.2, 0.25) is 0 Å². The molecule has 0 amide bonds. The third-order valence-corrected chi connectivity index (χ3v) is 3.43. The molecule has 1 heterocycles. The van der Waals surface area contributed by atoms with Crippen LogP contribution in [0.3, 0.4) is 0 Å². The maximum Gasteiger partial charge on any atom is 0.141 e. The van der Waals surface area contributed by atoms with Crippen molar-refractivity contribution >= 4 is 17.3 Å². The second-order valence-electron chi connectivity index (χ2n) is 4.53. The third-order valence-electron chi connectivity index (χ3n) is 3.14. The Kier molecular flexibility index (Phi) is 3.66. The average Bonchev–Trinajstić information content (AvgIpc) is 2.90. The molecular formula is C15H11ClFNO3. The van der Waals surface area contributed by atoms with E-state index in [9.17, 15) is 4.39 Å². The zero-order valence-corrected chi connectivity index (χ0v) is 11.6. The fourth-order valence-corrected chi connectivity index (χ4v) is 2.26. The van der Waals surface area contributed by atoms with E-state index in [0.717, 1.165) is 11.1 Å². The Hall–Kier alpha value is -2.27. The second-order valence-corrected chi connectivity index (χ2v) is 4.94. The van der Waals surface area contributed by atoms with Crippen LogP contribution in [0.1, 0.15) is 11.1 Å².